The summed E-state index contributed by atoms with van der Waals surface area (Å²) in [4.78, 5) is 13.9. The van der Waals surface area contributed by atoms with E-state index in [0.29, 0.717) is 17.1 Å². The predicted octanol–water partition coefficient (Wildman–Crippen LogP) is 4.08. The molecule has 0 heterocycles. The van der Waals surface area contributed by atoms with Crippen molar-refractivity contribution >= 4 is 33.4 Å². The summed E-state index contributed by atoms with van der Waals surface area (Å²) in [5, 5.41) is 9.92. The lowest BCUT2D eigenvalue weighted by molar-refractivity contribution is 0.0785. The summed E-state index contributed by atoms with van der Waals surface area (Å²) in [6, 6.07) is 11.9. The molecule has 0 saturated heterocycles. The molecule has 1 N–H and O–H groups in total. The molecule has 0 saturated carbocycles. The summed E-state index contributed by atoms with van der Waals surface area (Å²) in [6.07, 6.45) is 0. The average Bonchev–Trinajstić information content (AvgIpc) is 2.41. The molecule has 0 atom stereocenters. The Labute approximate surface area is 130 Å². The van der Waals surface area contributed by atoms with Gasteiger partial charge in [0.2, 0.25) is 0 Å². The number of rotatable bonds is 3. The van der Waals surface area contributed by atoms with Crippen LogP contribution in [-0.4, -0.2) is 23.0 Å². The van der Waals surface area contributed by atoms with Gasteiger partial charge in [0.05, 0.1) is 5.02 Å². The largest absolute Gasteiger partial charge is 0.508 e. The minimum absolute atomic E-state index is 0.122. The van der Waals surface area contributed by atoms with Crippen molar-refractivity contribution in [1.82, 2.24) is 4.90 Å². The number of nitrogens with zero attached hydrogens (tertiary/aromatic N) is 1. The SMILES string of the molecule is CN(Cc1cccc(O)c1)C(=O)c1ccc(Br)c(Cl)c1. The Morgan fingerprint density at radius 2 is 2.05 bits per heavy atom. The zero-order valence-electron chi connectivity index (χ0n) is 10.8. The maximum Gasteiger partial charge on any atom is 0.253 e. The maximum atomic E-state index is 12.3. The van der Waals surface area contributed by atoms with Crippen LogP contribution in [0.3, 0.4) is 0 Å². The molecule has 104 valence electrons. The van der Waals surface area contributed by atoms with Crippen molar-refractivity contribution < 1.29 is 9.90 Å². The highest BCUT2D eigenvalue weighted by molar-refractivity contribution is 9.10. The molecule has 0 aromatic heterocycles. The van der Waals surface area contributed by atoms with Crippen LogP contribution >= 0.6 is 27.5 Å². The lowest BCUT2D eigenvalue weighted by Crippen LogP contribution is -2.26. The molecule has 2 rings (SSSR count). The van der Waals surface area contributed by atoms with Crippen LogP contribution in [-0.2, 0) is 6.54 Å². The first-order chi connectivity index (χ1) is 9.47. The molecule has 0 aliphatic carbocycles. The van der Waals surface area contributed by atoms with E-state index in [1.54, 1.807) is 48.3 Å². The van der Waals surface area contributed by atoms with Crippen LogP contribution in [0.15, 0.2) is 46.9 Å². The van der Waals surface area contributed by atoms with Gasteiger partial charge in [-0.15, -0.1) is 0 Å². The van der Waals surface area contributed by atoms with Crippen molar-refractivity contribution in [2.45, 2.75) is 6.54 Å². The molecule has 0 aliphatic heterocycles. The van der Waals surface area contributed by atoms with E-state index in [-0.39, 0.29) is 11.7 Å². The second-order valence-electron chi connectivity index (χ2n) is 4.46. The fourth-order valence-electron chi connectivity index (χ4n) is 1.85. The van der Waals surface area contributed by atoms with E-state index in [4.69, 9.17) is 11.6 Å². The van der Waals surface area contributed by atoms with Crippen LogP contribution in [0.4, 0.5) is 0 Å². The van der Waals surface area contributed by atoms with Gasteiger partial charge >= 0.3 is 0 Å². The molecule has 0 fully saturated rings. The van der Waals surface area contributed by atoms with Gasteiger partial charge in [-0.2, -0.15) is 0 Å². The molecule has 5 heteroatoms. The number of aromatic hydroxyl groups is 1. The van der Waals surface area contributed by atoms with Crippen LogP contribution in [0.1, 0.15) is 15.9 Å². The minimum atomic E-state index is -0.122. The Morgan fingerprint density at radius 1 is 1.30 bits per heavy atom. The summed E-state index contributed by atoms with van der Waals surface area (Å²) < 4.78 is 0.756. The van der Waals surface area contributed by atoms with E-state index >= 15 is 0 Å². The molecule has 0 aliphatic rings. The molecule has 0 spiro atoms. The van der Waals surface area contributed by atoms with Gasteiger partial charge in [0, 0.05) is 23.6 Å². The number of carbonyl (C=O) groups excluding carboxylic acids is 1. The quantitative estimate of drug-likeness (QED) is 0.902. The number of hydrogen-bond acceptors (Lipinski definition) is 2. The molecule has 2 aromatic rings. The monoisotopic (exact) mass is 353 g/mol. The Hall–Kier alpha value is -1.52. The summed E-state index contributed by atoms with van der Waals surface area (Å²) in [5.74, 6) is 0.0674. The summed E-state index contributed by atoms with van der Waals surface area (Å²) >= 11 is 9.29. The van der Waals surface area contributed by atoms with Gasteiger partial charge in [0.15, 0.2) is 0 Å². The van der Waals surface area contributed by atoms with E-state index in [2.05, 4.69) is 15.9 Å². The Morgan fingerprint density at radius 3 is 2.70 bits per heavy atom. The van der Waals surface area contributed by atoms with E-state index in [0.717, 1.165) is 10.0 Å². The normalized spacial score (nSPS) is 10.3. The highest BCUT2D eigenvalue weighted by Crippen LogP contribution is 2.24. The molecular weight excluding hydrogens is 342 g/mol. The fourth-order valence-corrected chi connectivity index (χ4v) is 2.28. The molecule has 2 aromatic carbocycles. The van der Waals surface area contributed by atoms with Crippen molar-refractivity contribution in [3.05, 3.63) is 63.1 Å². The van der Waals surface area contributed by atoms with Crippen molar-refractivity contribution in [2.24, 2.45) is 0 Å². The standard InChI is InChI=1S/C15H13BrClNO2/c1-18(9-10-3-2-4-12(19)7-10)15(20)11-5-6-13(16)14(17)8-11/h2-8,19H,9H2,1H3. The number of amides is 1. The molecular formula is C15H13BrClNO2. The Kier molecular flexibility index (Phi) is 4.68. The molecule has 0 radical (unpaired) electrons. The summed E-state index contributed by atoms with van der Waals surface area (Å²) in [6.45, 7) is 0.418. The lowest BCUT2D eigenvalue weighted by Gasteiger charge is -2.17. The number of hydrogen-bond donors (Lipinski definition) is 1. The number of benzene rings is 2. The van der Waals surface area contributed by atoms with Crippen LogP contribution < -0.4 is 0 Å². The van der Waals surface area contributed by atoms with E-state index < -0.39 is 0 Å². The molecule has 1 amide bonds. The topological polar surface area (TPSA) is 40.5 Å². The molecule has 0 bridgehead atoms. The first-order valence-corrected chi connectivity index (χ1v) is 7.13. The first-order valence-electron chi connectivity index (χ1n) is 5.96. The van der Waals surface area contributed by atoms with Crippen molar-refractivity contribution in [3.8, 4) is 5.75 Å². The number of halogens is 2. The molecule has 20 heavy (non-hydrogen) atoms. The smallest absolute Gasteiger partial charge is 0.253 e. The minimum Gasteiger partial charge on any atom is -0.508 e. The van der Waals surface area contributed by atoms with Gasteiger partial charge in [0.1, 0.15) is 5.75 Å². The van der Waals surface area contributed by atoms with Gasteiger partial charge in [-0.3, -0.25) is 4.79 Å². The van der Waals surface area contributed by atoms with Crippen LogP contribution in [0.25, 0.3) is 0 Å². The molecule has 3 nitrogen and oxygen atoms in total. The van der Waals surface area contributed by atoms with Crippen molar-refractivity contribution in [1.29, 1.82) is 0 Å². The fraction of sp³-hybridized carbons (Fsp3) is 0.133. The summed E-state index contributed by atoms with van der Waals surface area (Å²) in [5.41, 5.74) is 1.39. The van der Waals surface area contributed by atoms with Gasteiger partial charge in [-0.1, -0.05) is 23.7 Å². The Balaban J connectivity index is 2.14. The second-order valence-corrected chi connectivity index (χ2v) is 5.72. The van der Waals surface area contributed by atoms with Gasteiger partial charge in [0.25, 0.3) is 5.91 Å². The third-order valence-electron chi connectivity index (χ3n) is 2.84. The second kappa shape index (κ2) is 6.29. The van der Waals surface area contributed by atoms with Gasteiger partial charge in [-0.05, 0) is 51.8 Å². The first kappa shape index (κ1) is 14.9. The van der Waals surface area contributed by atoms with Crippen LogP contribution in [0.2, 0.25) is 5.02 Å². The van der Waals surface area contributed by atoms with Gasteiger partial charge in [-0.25, -0.2) is 0 Å². The van der Waals surface area contributed by atoms with Crippen LogP contribution in [0.5, 0.6) is 5.75 Å². The van der Waals surface area contributed by atoms with E-state index in [1.807, 2.05) is 6.07 Å². The predicted molar refractivity (Wildman–Crippen MR) is 83.1 cm³/mol. The Bertz CT molecular complexity index is 646. The number of carbonyl (C=O) groups is 1. The van der Waals surface area contributed by atoms with E-state index in [9.17, 15) is 9.90 Å². The summed E-state index contributed by atoms with van der Waals surface area (Å²) in [7, 11) is 1.71. The lowest BCUT2D eigenvalue weighted by atomic mass is 10.1. The van der Waals surface area contributed by atoms with E-state index in [1.165, 1.54) is 0 Å². The highest BCUT2D eigenvalue weighted by Gasteiger charge is 2.13. The maximum absolute atomic E-state index is 12.3. The average molecular weight is 355 g/mol. The third-order valence-corrected chi connectivity index (χ3v) is 4.08. The van der Waals surface area contributed by atoms with Crippen LogP contribution in [0, 0.1) is 0 Å². The van der Waals surface area contributed by atoms with Crippen molar-refractivity contribution in [3.63, 3.8) is 0 Å². The van der Waals surface area contributed by atoms with Crippen molar-refractivity contribution in [2.75, 3.05) is 7.05 Å². The molecule has 0 unspecified atom stereocenters. The zero-order valence-corrected chi connectivity index (χ0v) is 13.1. The number of phenolic OH excluding ortho intramolecular Hbond substituents is 1. The highest BCUT2D eigenvalue weighted by atomic mass is 79.9. The zero-order chi connectivity index (χ0) is 14.7. The third kappa shape index (κ3) is 3.52. The van der Waals surface area contributed by atoms with Gasteiger partial charge < -0.3 is 10.0 Å². The number of phenols is 1.